The number of hydrogen-bond acceptors (Lipinski definition) is 4. The zero-order valence-electron chi connectivity index (χ0n) is 17.0. The highest BCUT2D eigenvalue weighted by atomic mass is 32.1. The number of likely N-dealkylation sites (tertiary alicyclic amines) is 1. The van der Waals surface area contributed by atoms with Crippen molar-refractivity contribution in [3.8, 4) is 0 Å². The molecular weight excluding hydrogens is 372 g/mol. The maximum atomic E-state index is 12.8. The van der Waals surface area contributed by atoms with Crippen LogP contribution in [0.25, 0.3) is 10.1 Å². The SMILES string of the molecule is COCCC(=O)N1CCCC[C@H]1Cc1c(C(=O)NC(C)C)sc2ccccc12. The minimum absolute atomic E-state index is 0.0146. The number of thiophene rings is 1. The van der Waals surface area contributed by atoms with Gasteiger partial charge in [0.25, 0.3) is 5.91 Å². The number of ether oxygens (including phenoxy) is 1. The molecule has 2 aromatic rings. The highest BCUT2D eigenvalue weighted by Gasteiger charge is 2.29. The Labute approximate surface area is 171 Å². The Morgan fingerprint density at radius 1 is 1.29 bits per heavy atom. The number of methoxy groups -OCH3 is 1. The van der Waals surface area contributed by atoms with E-state index in [0.717, 1.165) is 52.8 Å². The van der Waals surface area contributed by atoms with Crippen LogP contribution in [0.1, 0.15) is 54.8 Å². The van der Waals surface area contributed by atoms with Crippen molar-refractivity contribution in [2.45, 2.75) is 58.0 Å². The molecule has 1 atom stereocenters. The van der Waals surface area contributed by atoms with Crippen LogP contribution in [-0.4, -0.2) is 49.1 Å². The molecule has 1 saturated heterocycles. The van der Waals surface area contributed by atoms with E-state index in [2.05, 4.69) is 17.4 Å². The second kappa shape index (κ2) is 9.52. The van der Waals surface area contributed by atoms with Gasteiger partial charge < -0.3 is 15.0 Å². The molecule has 2 heterocycles. The van der Waals surface area contributed by atoms with E-state index in [-0.39, 0.29) is 23.9 Å². The second-order valence-electron chi connectivity index (χ2n) is 7.72. The third-order valence-corrected chi connectivity index (χ3v) is 6.44. The fourth-order valence-corrected chi connectivity index (χ4v) is 5.06. The summed E-state index contributed by atoms with van der Waals surface area (Å²) in [6, 6.07) is 8.42. The van der Waals surface area contributed by atoms with Crippen molar-refractivity contribution < 1.29 is 14.3 Å². The molecule has 0 bridgehead atoms. The summed E-state index contributed by atoms with van der Waals surface area (Å²) in [5, 5.41) is 4.17. The van der Waals surface area contributed by atoms with Gasteiger partial charge in [-0.3, -0.25) is 9.59 Å². The Kier molecular flexibility index (Phi) is 7.08. The van der Waals surface area contributed by atoms with Gasteiger partial charge in [0, 0.05) is 30.4 Å². The van der Waals surface area contributed by atoms with Crippen molar-refractivity contribution in [2.75, 3.05) is 20.3 Å². The Hall–Kier alpha value is -1.92. The molecule has 5 nitrogen and oxygen atoms in total. The molecule has 6 heteroatoms. The first kappa shape index (κ1) is 20.8. The number of carbonyl (C=O) groups is 2. The molecule has 1 fully saturated rings. The summed E-state index contributed by atoms with van der Waals surface area (Å²) in [5.41, 5.74) is 1.08. The van der Waals surface area contributed by atoms with Crippen molar-refractivity contribution in [1.29, 1.82) is 0 Å². The number of fused-ring (bicyclic) bond motifs is 1. The van der Waals surface area contributed by atoms with Gasteiger partial charge in [0.1, 0.15) is 0 Å². The number of piperidine rings is 1. The number of nitrogens with one attached hydrogen (secondary N) is 1. The average Bonchev–Trinajstić information content (AvgIpc) is 3.05. The molecule has 1 aliphatic rings. The lowest BCUT2D eigenvalue weighted by atomic mass is 9.93. The Morgan fingerprint density at radius 2 is 2.07 bits per heavy atom. The molecule has 0 saturated carbocycles. The summed E-state index contributed by atoms with van der Waals surface area (Å²) < 4.78 is 6.22. The zero-order valence-corrected chi connectivity index (χ0v) is 17.8. The summed E-state index contributed by atoms with van der Waals surface area (Å²) in [7, 11) is 1.62. The van der Waals surface area contributed by atoms with Crippen LogP contribution in [0.2, 0.25) is 0 Å². The number of benzene rings is 1. The lowest BCUT2D eigenvalue weighted by Crippen LogP contribution is -2.45. The van der Waals surface area contributed by atoms with Crippen LogP contribution in [-0.2, 0) is 16.0 Å². The molecule has 152 valence electrons. The number of carbonyl (C=O) groups excluding carboxylic acids is 2. The standard InChI is InChI=1S/C22H30N2O3S/c1-15(2)23-22(26)21-18(17-9-4-5-10-19(17)28-21)14-16-8-6-7-12-24(16)20(25)11-13-27-3/h4-5,9-10,15-16H,6-8,11-14H2,1-3H3,(H,23,26)/t16-/m0/s1. The van der Waals surface area contributed by atoms with E-state index in [0.29, 0.717) is 13.0 Å². The highest BCUT2D eigenvalue weighted by molar-refractivity contribution is 7.21. The Bertz CT molecular complexity index is 830. The first-order valence-corrected chi connectivity index (χ1v) is 10.9. The number of amides is 2. The van der Waals surface area contributed by atoms with Gasteiger partial charge in [0.05, 0.1) is 17.9 Å². The van der Waals surface area contributed by atoms with Gasteiger partial charge >= 0.3 is 0 Å². The average molecular weight is 403 g/mol. The minimum Gasteiger partial charge on any atom is -0.384 e. The normalized spacial score (nSPS) is 17.3. The molecule has 1 aliphatic heterocycles. The fourth-order valence-electron chi connectivity index (χ4n) is 3.92. The second-order valence-corrected chi connectivity index (χ2v) is 8.77. The van der Waals surface area contributed by atoms with Gasteiger partial charge in [-0.2, -0.15) is 0 Å². The summed E-state index contributed by atoms with van der Waals surface area (Å²) in [6.07, 6.45) is 4.28. The van der Waals surface area contributed by atoms with Crippen LogP contribution in [0.5, 0.6) is 0 Å². The van der Waals surface area contributed by atoms with Crippen LogP contribution in [0.15, 0.2) is 24.3 Å². The van der Waals surface area contributed by atoms with E-state index in [9.17, 15) is 9.59 Å². The Morgan fingerprint density at radius 3 is 2.82 bits per heavy atom. The molecular formula is C22H30N2O3S. The van der Waals surface area contributed by atoms with Crippen molar-refractivity contribution in [3.63, 3.8) is 0 Å². The maximum Gasteiger partial charge on any atom is 0.261 e. The molecule has 3 rings (SSSR count). The first-order chi connectivity index (χ1) is 13.5. The minimum atomic E-state index is -0.0146. The van der Waals surface area contributed by atoms with Crippen LogP contribution in [0, 0.1) is 0 Å². The van der Waals surface area contributed by atoms with Crippen LogP contribution < -0.4 is 5.32 Å². The van der Waals surface area contributed by atoms with Crippen molar-refractivity contribution in [3.05, 3.63) is 34.7 Å². The van der Waals surface area contributed by atoms with Crippen molar-refractivity contribution >= 4 is 33.2 Å². The summed E-state index contributed by atoms with van der Waals surface area (Å²) in [6.45, 7) is 5.19. The van der Waals surface area contributed by atoms with Gasteiger partial charge in [0.15, 0.2) is 0 Å². The molecule has 1 aromatic heterocycles. The lowest BCUT2D eigenvalue weighted by molar-refractivity contribution is -0.135. The zero-order chi connectivity index (χ0) is 20.1. The fraction of sp³-hybridized carbons (Fsp3) is 0.545. The van der Waals surface area contributed by atoms with Gasteiger partial charge in [0.2, 0.25) is 5.91 Å². The number of rotatable bonds is 7. The molecule has 1 N–H and O–H groups in total. The van der Waals surface area contributed by atoms with Crippen LogP contribution in [0.4, 0.5) is 0 Å². The van der Waals surface area contributed by atoms with E-state index in [1.165, 1.54) is 0 Å². The molecule has 0 radical (unpaired) electrons. The van der Waals surface area contributed by atoms with Crippen LogP contribution in [0.3, 0.4) is 0 Å². The quantitative estimate of drug-likeness (QED) is 0.762. The largest absolute Gasteiger partial charge is 0.384 e. The van der Waals surface area contributed by atoms with E-state index < -0.39 is 0 Å². The third kappa shape index (κ3) is 4.73. The summed E-state index contributed by atoms with van der Waals surface area (Å²) in [4.78, 5) is 28.3. The van der Waals surface area contributed by atoms with Crippen molar-refractivity contribution in [2.24, 2.45) is 0 Å². The Balaban J connectivity index is 1.90. The smallest absolute Gasteiger partial charge is 0.261 e. The van der Waals surface area contributed by atoms with E-state index in [1.807, 2.05) is 30.9 Å². The summed E-state index contributed by atoms with van der Waals surface area (Å²) in [5.74, 6) is 0.138. The predicted octanol–water partition coefficient (Wildman–Crippen LogP) is 4.00. The summed E-state index contributed by atoms with van der Waals surface area (Å²) >= 11 is 1.55. The van der Waals surface area contributed by atoms with Gasteiger partial charge in [-0.1, -0.05) is 18.2 Å². The molecule has 0 spiro atoms. The predicted molar refractivity (Wildman–Crippen MR) is 114 cm³/mol. The van der Waals surface area contributed by atoms with Gasteiger partial charge in [-0.25, -0.2) is 0 Å². The van der Waals surface area contributed by atoms with E-state index in [1.54, 1.807) is 18.4 Å². The topological polar surface area (TPSA) is 58.6 Å². The monoisotopic (exact) mass is 402 g/mol. The van der Waals surface area contributed by atoms with E-state index >= 15 is 0 Å². The van der Waals surface area contributed by atoms with E-state index in [4.69, 9.17) is 4.74 Å². The maximum absolute atomic E-state index is 12.8. The third-order valence-electron chi connectivity index (χ3n) is 5.23. The lowest BCUT2D eigenvalue weighted by Gasteiger charge is -2.36. The van der Waals surface area contributed by atoms with Gasteiger partial charge in [-0.05, 0) is 56.5 Å². The van der Waals surface area contributed by atoms with Crippen molar-refractivity contribution in [1.82, 2.24) is 10.2 Å². The molecule has 28 heavy (non-hydrogen) atoms. The van der Waals surface area contributed by atoms with Crippen LogP contribution >= 0.6 is 11.3 Å². The first-order valence-electron chi connectivity index (χ1n) is 10.1. The highest BCUT2D eigenvalue weighted by Crippen LogP contribution is 2.34. The molecule has 0 aliphatic carbocycles. The molecule has 0 unspecified atom stereocenters. The number of hydrogen-bond donors (Lipinski definition) is 1. The number of nitrogens with zero attached hydrogens (tertiary/aromatic N) is 1. The molecule has 1 aromatic carbocycles. The molecule has 2 amide bonds. The van der Waals surface area contributed by atoms with Gasteiger partial charge in [-0.15, -0.1) is 11.3 Å².